The molecule has 0 aliphatic rings. The molecule has 17 heavy (non-hydrogen) atoms. The first-order valence-electron chi connectivity index (χ1n) is 5.72. The summed E-state index contributed by atoms with van der Waals surface area (Å²) in [5.41, 5.74) is 2.11. The average molecular weight is 231 g/mol. The molecule has 0 atom stereocenters. The van der Waals surface area contributed by atoms with Gasteiger partial charge in [-0.1, -0.05) is 18.2 Å². The highest BCUT2D eigenvalue weighted by molar-refractivity contribution is 5.82. The van der Waals surface area contributed by atoms with Gasteiger partial charge in [-0.15, -0.1) is 0 Å². The van der Waals surface area contributed by atoms with E-state index in [0.717, 1.165) is 16.6 Å². The Labute approximate surface area is 101 Å². The molecule has 0 unspecified atom stereocenters. The van der Waals surface area contributed by atoms with Crippen LogP contribution in [0, 0.1) is 6.92 Å². The van der Waals surface area contributed by atoms with Gasteiger partial charge in [0.25, 0.3) is 0 Å². The van der Waals surface area contributed by atoms with Crippen LogP contribution in [0.15, 0.2) is 24.3 Å². The van der Waals surface area contributed by atoms with E-state index >= 15 is 0 Å². The molecule has 2 rings (SSSR count). The van der Waals surface area contributed by atoms with Crippen LogP contribution in [-0.4, -0.2) is 34.7 Å². The Bertz CT molecular complexity index is 543. The number of hydrogen-bond acceptors (Lipinski definition) is 2. The zero-order chi connectivity index (χ0) is 12.4. The lowest BCUT2D eigenvalue weighted by atomic mass is 10.2. The van der Waals surface area contributed by atoms with Crippen molar-refractivity contribution < 1.29 is 4.79 Å². The molecule has 0 aliphatic heterocycles. The third-order valence-corrected chi connectivity index (χ3v) is 2.88. The largest absolute Gasteiger partial charge is 0.349 e. The predicted octanol–water partition coefficient (Wildman–Crippen LogP) is 1.82. The number of carbonyl (C=O) groups excluding carboxylic acids is 1. The van der Waals surface area contributed by atoms with Crippen LogP contribution >= 0.6 is 0 Å². The summed E-state index contributed by atoms with van der Waals surface area (Å²) in [6.45, 7) is 2.62. The highest BCUT2D eigenvalue weighted by Crippen LogP contribution is 2.17. The maximum absolute atomic E-state index is 11.5. The number of amides is 1. The predicted molar refractivity (Wildman–Crippen MR) is 67.8 cm³/mol. The van der Waals surface area contributed by atoms with E-state index in [1.165, 1.54) is 0 Å². The van der Waals surface area contributed by atoms with E-state index in [9.17, 15) is 4.79 Å². The monoisotopic (exact) mass is 231 g/mol. The summed E-state index contributed by atoms with van der Waals surface area (Å²) >= 11 is 0. The van der Waals surface area contributed by atoms with Crippen LogP contribution in [0.4, 0.5) is 0 Å². The molecule has 4 heteroatoms. The van der Waals surface area contributed by atoms with Crippen LogP contribution in [0.1, 0.15) is 12.1 Å². The lowest BCUT2D eigenvalue weighted by Crippen LogP contribution is -2.23. The van der Waals surface area contributed by atoms with Crippen molar-refractivity contribution in [1.29, 1.82) is 0 Å². The van der Waals surface area contributed by atoms with Gasteiger partial charge in [-0.3, -0.25) is 9.48 Å². The van der Waals surface area contributed by atoms with Gasteiger partial charge in [-0.25, -0.2) is 0 Å². The molecule has 0 spiro atoms. The fourth-order valence-electron chi connectivity index (χ4n) is 1.89. The number of carbonyl (C=O) groups is 1. The first-order valence-corrected chi connectivity index (χ1v) is 5.72. The Morgan fingerprint density at radius 1 is 1.35 bits per heavy atom. The van der Waals surface area contributed by atoms with Crippen LogP contribution < -0.4 is 0 Å². The number of hydrogen-bond donors (Lipinski definition) is 0. The van der Waals surface area contributed by atoms with Crippen molar-refractivity contribution in [3.8, 4) is 0 Å². The molecular weight excluding hydrogens is 214 g/mol. The van der Waals surface area contributed by atoms with Gasteiger partial charge in [0.05, 0.1) is 17.8 Å². The summed E-state index contributed by atoms with van der Waals surface area (Å²) in [4.78, 5) is 13.2. The van der Waals surface area contributed by atoms with Crippen LogP contribution in [0.25, 0.3) is 10.9 Å². The van der Waals surface area contributed by atoms with Crippen molar-refractivity contribution in [2.75, 3.05) is 14.1 Å². The second kappa shape index (κ2) is 4.57. The summed E-state index contributed by atoms with van der Waals surface area (Å²) in [5.74, 6) is 0.127. The molecule has 1 heterocycles. The Morgan fingerprint density at radius 3 is 2.76 bits per heavy atom. The van der Waals surface area contributed by atoms with Crippen molar-refractivity contribution >= 4 is 16.8 Å². The molecule has 1 aromatic heterocycles. The van der Waals surface area contributed by atoms with E-state index in [2.05, 4.69) is 11.2 Å². The fraction of sp³-hybridized carbons (Fsp3) is 0.385. The minimum absolute atomic E-state index is 0.127. The molecule has 1 amide bonds. The molecule has 0 bridgehead atoms. The number of nitrogens with zero attached hydrogens (tertiary/aromatic N) is 3. The maximum atomic E-state index is 11.5. The molecule has 0 radical (unpaired) electrons. The fourth-order valence-corrected chi connectivity index (χ4v) is 1.89. The first-order chi connectivity index (χ1) is 8.09. The molecule has 0 saturated heterocycles. The quantitative estimate of drug-likeness (QED) is 0.808. The highest BCUT2D eigenvalue weighted by atomic mass is 16.2. The van der Waals surface area contributed by atoms with Gasteiger partial charge in [0.1, 0.15) is 0 Å². The van der Waals surface area contributed by atoms with Crippen LogP contribution in [0.5, 0.6) is 0 Å². The second-order valence-electron chi connectivity index (χ2n) is 4.36. The number of benzene rings is 1. The highest BCUT2D eigenvalue weighted by Gasteiger charge is 2.09. The van der Waals surface area contributed by atoms with Gasteiger partial charge in [0, 0.05) is 25.9 Å². The average Bonchev–Trinajstić information content (AvgIpc) is 2.64. The molecule has 0 saturated carbocycles. The van der Waals surface area contributed by atoms with Crippen LogP contribution in [0.3, 0.4) is 0 Å². The van der Waals surface area contributed by atoms with Gasteiger partial charge in [0.2, 0.25) is 5.91 Å². The number of aryl methyl sites for hydroxylation is 2. The van der Waals surface area contributed by atoms with Gasteiger partial charge in [-0.2, -0.15) is 5.10 Å². The van der Waals surface area contributed by atoms with Gasteiger partial charge in [-0.05, 0) is 13.0 Å². The zero-order valence-electron chi connectivity index (χ0n) is 10.5. The molecule has 1 aromatic carbocycles. The van der Waals surface area contributed by atoms with E-state index < -0.39 is 0 Å². The molecule has 0 aliphatic carbocycles. The van der Waals surface area contributed by atoms with Gasteiger partial charge >= 0.3 is 0 Å². The Morgan fingerprint density at radius 2 is 2.06 bits per heavy atom. The van der Waals surface area contributed by atoms with Crippen LogP contribution in [0.2, 0.25) is 0 Å². The molecule has 2 aromatic rings. The Kier molecular flexibility index (Phi) is 3.13. The molecule has 90 valence electrons. The molecule has 0 N–H and O–H groups in total. The SMILES string of the molecule is Cc1nn(CCC(=O)N(C)C)c2ccccc12. The second-order valence-corrected chi connectivity index (χ2v) is 4.36. The molecular formula is C13H17N3O. The maximum Gasteiger partial charge on any atom is 0.223 e. The van der Waals surface area contributed by atoms with Crippen LogP contribution in [-0.2, 0) is 11.3 Å². The summed E-state index contributed by atoms with van der Waals surface area (Å²) in [6, 6.07) is 8.09. The first kappa shape index (κ1) is 11.6. The minimum Gasteiger partial charge on any atom is -0.349 e. The molecule has 0 fully saturated rings. The van der Waals surface area contributed by atoms with Crippen molar-refractivity contribution in [3.63, 3.8) is 0 Å². The molecule has 4 nitrogen and oxygen atoms in total. The number of rotatable bonds is 3. The van der Waals surface area contributed by atoms with E-state index in [-0.39, 0.29) is 5.91 Å². The summed E-state index contributed by atoms with van der Waals surface area (Å²) in [5, 5.41) is 5.62. The van der Waals surface area contributed by atoms with Crippen molar-refractivity contribution in [1.82, 2.24) is 14.7 Å². The van der Waals surface area contributed by atoms with Crippen molar-refractivity contribution in [2.45, 2.75) is 19.9 Å². The number of aromatic nitrogens is 2. The smallest absolute Gasteiger partial charge is 0.223 e. The topological polar surface area (TPSA) is 38.1 Å². The standard InChI is InChI=1S/C13H17N3O/c1-10-11-6-4-5-7-12(11)16(14-10)9-8-13(17)15(2)3/h4-7H,8-9H2,1-3H3. The number of fused-ring (bicyclic) bond motifs is 1. The van der Waals surface area contributed by atoms with E-state index in [0.29, 0.717) is 13.0 Å². The third-order valence-electron chi connectivity index (χ3n) is 2.88. The summed E-state index contributed by atoms with van der Waals surface area (Å²) in [7, 11) is 3.55. The van der Waals surface area contributed by atoms with Crippen molar-refractivity contribution in [3.05, 3.63) is 30.0 Å². The summed E-state index contributed by atoms with van der Waals surface area (Å²) in [6.07, 6.45) is 0.484. The minimum atomic E-state index is 0.127. The lowest BCUT2D eigenvalue weighted by Gasteiger charge is -2.10. The Balaban J connectivity index is 2.22. The van der Waals surface area contributed by atoms with Gasteiger partial charge < -0.3 is 4.90 Å². The lowest BCUT2D eigenvalue weighted by molar-refractivity contribution is -0.128. The third kappa shape index (κ3) is 2.30. The normalized spacial score (nSPS) is 10.8. The summed E-state index contributed by atoms with van der Waals surface area (Å²) < 4.78 is 1.91. The van der Waals surface area contributed by atoms with E-state index in [1.54, 1.807) is 19.0 Å². The van der Waals surface area contributed by atoms with E-state index in [4.69, 9.17) is 0 Å². The van der Waals surface area contributed by atoms with Crippen molar-refractivity contribution in [2.24, 2.45) is 0 Å². The zero-order valence-corrected chi connectivity index (χ0v) is 10.5. The number of para-hydroxylation sites is 1. The Hall–Kier alpha value is -1.84. The van der Waals surface area contributed by atoms with E-state index in [1.807, 2.05) is 29.8 Å². The van der Waals surface area contributed by atoms with Gasteiger partial charge in [0.15, 0.2) is 0 Å².